The lowest BCUT2D eigenvalue weighted by Crippen LogP contribution is -2.08. The molecule has 0 radical (unpaired) electrons. The zero-order valence-corrected chi connectivity index (χ0v) is 9.96. The molecule has 0 saturated carbocycles. The highest BCUT2D eigenvalue weighted by Gasteiger charge is 2.30. The van der Waals surface area contributed by atoms with Crippen molar-refractivity contribution < 1.29 is 13.2 Å². The number of halogens is 3. The van der Waals surface area contributed by atoms with Crippen LogP contribution in [0.5, 0.6) is 0 Å². The Balaban J connectivity index is 2.53. The fourth-order valence-electron chi connectivity index (χ4n) is 1.88. The van der Waals surface area contributed by atoms with E-state index in [1.807, 2.05) is 19.1 Å². The van der Waals surface area contributed by atoms with Crippen molar-refractivity contribution in [1.29, 1.82) is 0 Å². The summed E-state index contributed by atoms with van der Waals surface area (Å²) in [5.74, 6) is 0.143. The number of alkyl halides is 3. The summed E-state index contributed by atoms with van der Waals surface area (Å²) in [6, 6.07) is 9.30. The summed E-state index contributed by atoms with van der Waals surface area (Å²) in [6.45, 7) is 2.43. The molecule has 2 aromatic rings. The maximum Gasteiger partial charge on any atom is 0.416 e. The zero-order chi connectivity index (χ0) is 13.3. The van der Waals surface area contributed by atoms with E-state index in [-0.39, 0.29) is 5.92 Å². The van der Waals surface area contributed by atoms with Crippen LogP contribution >= 0.6 is 0 Å². The fourth-order valence-corrected chi connectivity index (χ4v) is 1.88. The summed E-state index contributed by atoms with van der Waals surface area (Å²) in [5, 5.41) is 1.40. The minimum absolute atomic E-state index is 0.143. The van der Waals surface area contributed by atoms with E-state index in [1.165, 1.54) is 12.1 Å². The largest absolute Gasteiger partial charge is 0.416 e. The molecule has 2 aromatic carbocycles. The van der Waals surface area contributed by atoms with E-state index >= 15 is 0 Å². The molecular weight excluding hydrogens is 239 g/mol. The van der Waals surface area contributed by atoms with Gasteiger partial charge in [-0.05, 0) is 40.9 Å². The van der Waals surface area contributed by atoms with Crippen molar-refractivity contribution in [1.82, 2.24) is 0 Å². The highest BCUT2D eigenvalue weighted by molar-refractivity contribution is 5.84. The average molecular weight is 253 g/mol. The topological polar surface area (TPSA) is 26.0 Å². The van der Waals surface area contributed by atoms with E-state index in [0.29, 0.717) is 11.9 Å². The second kappa shape index (κ2) is 4.61. The molecule has 96 valence electrons. The van der Waals surface area contributed by atoms with Crippen LogP contribution in [-0.2, 0) is 6.18 Å². The van der Waals surface area contributed by atoms with Crippen molar-refractivity contribution in [2.75, 3.05) is 6.54 Å². The van der Waals surface area contributed by atoms with Gasteiger partial charge in [-0.15, -0.1) is 0 Å². The molecule has 1 atom stereocenters. The molecular formula is C14H14F3N. The SMILES string of the molecule is CC(CN)c1ccc2ccc(C(F)(F)F)cc2c1. The molecule has 2 rings (SSSR count). The van der Waals surface area contributed by atoms with Gasteiger partial charge in [0.15, 0.2) is 0 Å². The lowest BCUT2D eigenvalue weighted by atomic mass is 9.97. The van der Waals surface area contributed by atoms with Crippen molar-refractivity contribution in [3.05, 3.63) is 47.5 Å². The Kier molecular flexibility index (Phi) is 3.30. The van der Waals surface area contributed by atoms with E-state index < -0.39 is 11.7 Å². The van der Waals surface area contributed by atoms with E-state index in [4.69, 9.17) is 5.73 Å². The fraction of sp³-hybridized carbons (Fsp3) is 0.286. The van der Waals surface area contributed by atoms with Crippen LogP contribution in [0.15, 0.2) is 36.4 Å². The number of rotatable bonds is 2. The first-order valence-electron chi connectivity index (χ1n) is 5.73. The standard InChI is InChI=1S/C14H14F3N/c1-9(8-18)11-3-2-10-4-5-13(14(15,16)17)7-12(10)6-11/h2-7,9H,8,18H2,1H3. The number of hydrogen-bond donors (Lipinski definition) is 1. The van der Waals surface area contributed by atoms with Gasteiger partial charge in [0.2, 0.25) is 0 Å². The van der Waals surface area contributed by atoms with E-state index in [9.17, 15) is 13.2 Å². The molecule has 2 N–H and O–H groups in total. The van der Waals surface area contributed by atoms with Gasteiger partial charge in [0, 0.05) is 0 Å². The normalized spacial score (nSPS) is 13.8. The van der Waals surface area contributed by atoms with Gasteiger partial charge in [-0.2, -0.15) is 13.2 Å². The third-order valence-corrected chi connectivity index (χ3v) is 3.11. The van der Waals surface area contributed by atoms with Crippen LogP contribution in [0.1, 0.15) is 24.0 Å². The second-order valence-corrected chi connectivity index (χ2v) is 4.46. The van der Waals surface area contributed by atoms with Crippen LogP contribution < -0.4 is 5.73 Å². The minimum Gasteiger partial charge on any atom is -0.330 e. The van der Waals surface area contributed by atoms with Gasteiger partial charge < -0.3 is 5.73 Å². The predicted octanol–water partition coefficient (Wildman–Crippen LogP) is 3.92. The van der Waals surface area contributed by atoms with Crippen LogP contribution in [0.2, 0.25) is 0 Å². The summed E-state index contributed by atoms with van der Waals surface area (Å²) >= 11 is 0. The Hall–Kier alpha value is -1.55. The molecule has 0 aliphatic rings. The van der Waals surface area contributed by atoms with Gasteiger partial charge in [-0.25, -0.2) is 0 Å². The Morgan fingerprint density at radius 1 is 1.06 bits per heavy atom. The zero-order valence-electron chi connectivity index (χ0n) is 9.96. The molecule has 4 heteroatoms. The van der Waals surface area contributed by atoms with E-state index in [0.717, 1.165) is 17.0 Å². The quantitative estimate of drug-likeness (QED) is 0.862. The third-order valence-electron chi connectivity index (χ3n) is 3.11. The summed E-state index contributed by atoms with van der Waals surface area (Å²) in [7, 11) is 0. The van der Waals surface area contributed by atoms with Crippen LogP contribution in [-0.4, -0.2) is 6.54 Å². The summed E-state index contributed by atoms with van der Waals surface area (Å²) in [4.78, 5) is 0. The molecule has 0 fully saturated rings. The third kappa shape index (κ3) is 2.48. The number of benzene rings is 2. The second-order valence-electron chi connectivity index (χ2n) is 4.46. The number of nitrogens with two attached hydrogens (primary N) is 1. The Morgan fingerprint density at radius 3 is 2.33 bits per heavy atom. The van der Waals surface area contributed by atoms with Crippen molar-refractivity contribution in [2.45, 2.75) is 19.0 Å². The first-order chi connectivity index (χ1) is 8.41. The average Bonchev–Trinajstić information content (AvgIpc) is 2.35. The Labute approximate surface area is 103 Å². The lowest BCUT2D eigenvalue weighted by molar-refractivity contribution is -0.137. The van der Waals surface area contributed by atoms with E-state index in [2.05, 4.69) is 0 Å². The Bertz CT molecular complexity index is 560. The molecule has 18 heavy (non-hydrogen) atoms. The van der Waals surface area contributed by atoms with Crippen molar-refractivity contribution in [3.63, 3.8) is 0 Å². The summed E-state index contributed by atoms with van der Waals surface area (Å²) in [6.07, 6.45) is -4.30. The maximum atomic E-state index is 12.6. The van der Waals surface area contributed by atoms with Crippen LogP contribution in [0, 0.1) is 0 Å². The molecule has 0 aliphatic heterocycles. The maximum absolute atomic E-state index is 12.6. The summed E-state index contributed by atoms with van der Waals surface area (Å²) < 4.78 is 37.9. The summed E-state index contributed by atoms with van der Waals surface area (Å²) in [5.41, 5.74) is 5.91. The van der Waals surface area contributed by atoms with Gasteiger partial charge in [0.05, 0.1) is 5.56 Å². The van der Waals surface area contributed by atoms with Crippen LogP contribution in [0.3, 0.4) is 0 Å². The van der Waals surface area contributed by atoms with Gasteiger partial charge in [0.25, 0.3) is 0 Å². The number of hydrogen-bond acceptors (Lipinski definition) is 1. The predicted molar refractivity (Wildman–Crippen MR) is 66.4 cm³/mol. The molecule has 0 amide bonds. The Morgan fingerprint density at radius 2 is 1.72 bits per heavy atom. The number of fused-ring (bicyclic) bond motifs is 1. The molecule has 0 aliphatic carbocycles. The minimum atomic E-state index is -4.30. The van der Waals surface area contributed by atoms with Crippen molar-refractivity contribution >= 4 is 10.8 Å². The molecule has 0 heterocycles. The molecule has 0 saturated heterocycles. The lowest BCUT2D eigenvalue weighted by Gasteiger charge is -2.11. The highest BCUT2D eigenvalue weighted by atomic mass is 19.4. The van der Waals surface area contributed by atoms with E-state index in [1.54, 1.807) is 6.07 Å². The molecule has 1 unspecified atom stereocenters. The first-order valence-corrected chi connectivity index (χ1v) is 5.73. The van der Waals surface area contributed by atoms with Gasteiger partial charge in [-0.1, -0.05) is 31.2 Å². The van der Waals surface area contributed by atoms with Crippen molar-refractivity contribution in [2.24, 2.45) is 5.73 Å². The smallest absolute Gasteiger partial charge is 0.330 e. The van der Waals surface area contributed by atoms with Crippen LogP contribution in [0.4, 0.5) is 13.2 Å². The molecule has 0 aromatic heterocycles. The molecule has 1 nitrogen and oxygen atoms in total. The van der Waals surface area contributed by atoms with Gasteiger partial charge in [0.1, 0.15) is 0 Å². The van der Waals surface area contributed by atoms with Crippen molar-refractivity contribution in [3.8, 4) is 0 Å². The monoisotopic (exact) mass is 253 g/mol. The van der Waals surface area contributed by atoms with Crippen LogP contribution in [0.25, 0.3) is 10.8 Å². The molecule has 0 spiro atoms. The van der Waals surface area contributed by atoms with Gasteiger partial charge >= 0.3 is 6.18 Å². The van der Waals surface area contributed by atoms with Gasteiger partial charge in [-0.3, -0.25) is 0 Å². The first kappa shape index (κ1) is 12.9. The molecule has 0 bridgehead atoms. The highest BCUT2D eigenvalue weighted by Crippen LogP contribution is 2.32.